The van der Waals surface area contributed by atoms with Crippen molar-refractivity contribution in [2.75, 3.05) is 0 Å². The van der Waals surface area contributed by atoms with Gasteiger partial charge in [0.15, 0.2) is 0 Å². The predicted molar refractivity (Wildman–Crippen MR) is 54.8 cm³/mol. The van der Waals surface area contributed by atoms with E-state index in [1.165, 1.54) is 17.4 Å². The highest BCUT2D eigenvalue weighted by Gasteiger charge is 2.08. The molecule has 0 aliphatic carbocycles. The van der Waals surface area contributed by atoms with Gasteiger partial charge in [0, 0.05) is 17.8 Å². The SMILES string of the molecule is CCC(C)c1c[nH]c2cnccc12. The molecular weight excluding hydrogens is 160 g/mol. The van der Waals surface area contributed by atoms with E-state index in [4.69, 9.17) is 0 Å². The lowest BCUT2D eigenvalue weighted by Crippen LogP contribution is -1.88. The molecule has 1 atom stereocenters. The van der Waals surface area contributed by atoms with Crippen LogP contribution in [0.25, 0.3) is 10.9 Å². The van der Waals surface area contributed by atoms with Crippen LogP contribution in [-0.2, 0) is 0 Å². The van der Waals surface area contributed by atoms with Crippen molar-refractivity contribution in [3.63, 3.8) is 0 Å². The van der Waals surface area contributed by atoms with Crippen LogP contribution in [0.15, 0.2) is 24.7 Å². The molecule has 0 saturated heterocycles. The quantitative estimate of drug-likeness (QED) is 0.744. The Kier molecular flexibility index (Phi) is 2.05. The topological polar surface area (TPSA) is 28.7 Å². The molecule has 2 aromatic heterocycles. The maximum Gasteiger partial charge on any atom is 0.0643 e. The Bertz CT molecular complexity index is 403. The molecule has 0 saturated carbocycles. The van der Waals surface area contributed by atoms with Crippen LogP contribution in [0.3, 0.4) is 0 Å². The molecule has 0 radical (unpaired) electrons. The van der Waals surface area contributed by atoms with E-state index >= 15 is 0 Å². The number of hydrogen-bond donors (Lipinski definition) is 1. The van der Waals surface area contributed by atoms with Gasteiger partial charge in [-0.05, 0) is 24.0 Å². The van der Waals surface area contributed by atoms with Gasteiger partial charge in [-0.3, -0.25) is 4.98 Å². The fourth-order valence-corrected chi connectivity index (χ4v) is 1.62. The van der Waals surface area contributed by atoms with E-state index in [1.54, 1.807) is 0 Å². The summed E-state index contributed by atoms with van der Waals surface area (Å²) in [5.74, 6) is 0.621. The molecule has 2 aromatic rings. The first-order valence-corrected chi connectivity index (χ1v) is 4.74. The summed E-state index contributed by atoms with van der Waals surface area (Å²) >= 11 is 0. The molecule has 1 N–H and O–H groups in total. The molecular formula is C11H14N2. The third kappa shape index (κ3) is 1.32. The smallest absolute Gasteiger partial charge is 0.0643 e. The second kappa shape index (κ2) is 3.21. The minimum Gasteiger partial charge on any atom is -0.360 e. The van der Waals surface area contributed by atoms with Crippen LogP contribution in [0.2, 0.25) is 0 Å². The number of aromatic amines is 1. The number of H-pyrrole nitrogens is 1. The Morgan fingerprint density at radius 2 is 2.38 bits per heavy atom. The van der Waals surface area contributed by atoms with Crippen LogP contribution in [0.1, 0.15) is 31.7 Å². The van der Waals surface area contributed by atoms with Gasteiger partial charge in [0.1, 0.15) is 0 Å². The number of pyridine rings is 1. The molecule has 0 spiro atoms. The molecule has 0 amide bonds. The number of fused-ring (bicyclic) bond motifs is 1. The highest BCUT2D eigenvalue weighted by Crippen LogP contribution is 2.26. The Morgan fingerprint density at radius 1 is 1.54 bits per heavy atom. The Labute approximate surface area is 78.0 Å². The first-order valence-electron chi connectivity index (χ1n) is 4.74. The molecule has 0 aliphatic rings. The van der Waals surface area contributed by atoms with E-state index in [-0.39, 0.29) is 0 Å². The van der Waals surface area contributed by atoms with Crippen molar-refractivity contribution in [1.29, 1.82) is 0 Å². The number of aromatic nitrogens is 2. The van der Waals surface area contributed by atoms with Gasteiger partial charge in [-0.2, -0.15) is 0 Å². The molecule has 1 unspecified atom stereocenters. The Hall–Kier alpha value is -1.31. The van der Waals surface area contributed by atoms with Gasteiger partial charge in [0.25, 0.3) is 0 Å². The average molecular weight is 174 g/mol. The number of rotatable bonds is 2. The molecule has 68 valence electrons. The molecule has 2 rings (SSSR count). The fourth-order valence-electron chi connectivity index (χ4n) is 1.62. The van der Waals surface area contributed by atoms with E-state index < -0.39 is 0 Å². The summed E-state index contributed by atoms with van der Waals surface area (Å²) in [5.41, 5.74) is 2.54. The van der Waals surface area contributed by atoms with E-state index in [0.29, 0.717) is 5.92 Å². The monoisotopic (exact) mass is 174 g/mol. The van der Waals surface area contributed by atoms with E-state index in [2.05, 4.69) is 36.1 Å². The van der Waals surface area contributed by atoms with Crippen molar-refractivity contribution >= 4 is 10.9 Å². The van der Waals surface area contributed by atoms with Gasteiger partial charge >= 0.3 is 0 Å². The lowest BCUT2D eigenvalue weighted by Gasteiger charge is -2.05. The largest absolute Gasteiger partial charge is 0.360 e. The van der Waals surface area contributed by atoms with Crippen molar-refractivity contribution < 1.29 is 0 Å². The third-order valence-corrected chi connectivity index (χ3v) is 2.66. The van der Waals surface area contributed by atoms with Crippen LogP contribution >= 0.6 is 0 Å². The predicted octanol–water partition coefficient (Wildman–Crippen LogP) is 3.08. The van der Waals surface area contributed by atoms with Gasteiger partial charge in [-0.1, -0.05) is 13.8 Å². The van der Waals surface area contributed by atoms with Crippen LogP contribution in [0, 0.1) is 0 Å². The Morgan fingerprint density at radius 3 is 3.15 bits per heavy atom. The van der Waals surface area contributed by atoms with Crippen molar-refractivity contribution in [3.8, 4) is 0 Å². The minimum absolute atomic E-state index is 0.621. The number of nitrogens with one attached hydrogen (secondary N) is 1. The molecule has 2 heteroatoms. The zero-order chi connectivity index (χ0) is 9.26. The van der Waals surface area contributed by atoms with Crippen molar-refractivity contribution in [1.82, 2.24) is 9.97 Å². The molecule has 0 aliphatic heterocycles. The highest BCUT2D eigenvalue weighted by molar-refractivity contribution is 5.82. The van der Waals surface area contributed by atoms with Gasteiger partial charge in [-0.25, -0.2) is 0 Å². The highest BCUT2D eigenvalue weighted by atomic mass is 14.7. The maximum atomic E-state index is 4.08. The minimum atomic E-state index is 0.621. The summed E-state index contributed by atoms with van der Waals surface area (Å²) < 4.78 is 0. The average Bonchev–Trinajstić information content (AvgIpc) is 2.60. The van der Waals surface area contributed by atoms with Gasteiger partial charge < -0.3 is 4.98 Å². The first-order chi connectivity index (χ1) is 6.33. The van der Waals surface area contributed by atoms with Gasteiger partial charge in [0.05, 0.1) is 11.7 Å². The van der Waals surface area contributed by atoms with E-state index in [9.17, 15) is 0 Å². The normalized spacial score (nSPS) is 13.4. The molecule has 13 heavy (non-hydrogen) atoms. The molecule has 0 fully saturated rings. The molecule has 2 nitrogen and oxygen atoms in total. The fraction of sp³-hybridized carbons (Fsp3) is 0.364. The van der Waals surface area contributed by atoms with Crippen molar-refractivity contribution in [3.05, 3.63) is 30.2 Å². The first kappa shape index (κ1) is 8.30. The molecule has 0 bridgehead atoms. The van der Waals surface area contributed by atoms with Crippen molar-refractivity contribution in [2.24, 2.45) is 0 Å². The standard InChI is InChI=1S/C11H14N2/c1-3-8(2)10-6-13-11-7-12-5-4-9(10)11/h4-8,13H,3H2,1-2H3. The van der Waals surface area contributed by atoms with Gasteiger partial charge in [0.2, 0.25) is 0 Å². The van der Waals surface area contributed by atoms with Crippen LogP contribution in [0.4, 0.5) is 0 Å². The third-order valence-electron chi connectivity index (χ3n) is 2.66. The number of hydrogen-bond acceptors (Lipinski definition) is 1. The van der Waals surface area contributed by atoms with Crippen LogP contribution < -0.4 is 0 Å². The summed E-state index contributed by atoms with van der Waals surface area (Å²) in [7, 11) is 0. The maximum absolute atomic E-state index is 4.08. The second-order valence-electron chi connectivity index (χ2n) is 3.47. The molecule has 0 aromatic carbocycles. The second-order valence-corrected chi connectivity index (χ2v) is 3.47. The van der Waals surface area contributed by atoms with Gasteiger partial charge in [-0.15, -0.1) is 0 Å². The number of nitrogens with zero attached hydrogens (tertiary/aromatic N) is 1. The lowest BCUT2D eigenvalue weighted by molar-refractivity contribution is 0.739. The summed E-state index contributed by atoms with van der Waals surface area (Å²) in [6.07, 6.45) is 7.00. The summed E-state index contributed by atoms with van der Waals surface area (Å²) in [5, 5.41) is 1.31. The summed E-state index contributed by atoms with van der Waals surface area (Å²) in [4.78, 5) is 7.32. The molecule has 2 heterocycles. The van der Waals surface area contributed by atoms with Crippen molar-refractivity contribution in [2.45, 2.75) is 26.2 Å². The van der Waals surface area contributed by atoms with E-state index in [0.717, 1.165) is 5.52 Å². The van der Waals surface area contributed by atoms with Crippen LogP contribution in [-0.4, -0.2) is 9.97 Å². The zero-order valence-corrected chi connectivity index (χ0v) is 8.04. The summed E-state index contributed by atoms with van der Waals surface area (Å²) in [6.45, 7) is 4.47. The van der Waals surface area contributed by atoms with E-state index in [1.807, 2.05) is 12.4 Å². The van der Waals surface area contributed by atoms with Crippen LogP contribution in [0.5, 0.6) is 0 Å². The zero-order valence-electron chi connectivity index (χ0n) is 8.04. The Balaban J connectivity index is 2.57. The lowest BCUT2D eigenvalue weighted by atomic mass is 9.99. The summed E-state index contributed by atoms with van der Waals surface area (Å²) in [6, 6.07) is 2.08.